The van der Waals surface area contributed by atoms with Crippen molar-refractivity contribution in [3.8, 4) is 0 Å². The van der Waals surface area contributed by atoms with Crippen LogP contribution in [0.3, 0.4) is 0 Å². The summed E-state index contributed by atoms with van der Waals surface area (Å²) in [5.74, 6) is 0.644. The Kier molecular flexibility index (Phi) is 4.16. The monoisotopic (exact) mass is 280 g/mol. The quantitative estimate of drug-likeness (QED) is 0.812. The number of nitrogen functional groups attached to an aromatic ring is 1. The topological polar surface area (TPSA) is 90.1 Å². The summed E-state index contributed by atoms with van der Waals surface area (Å²) in [6.45, 7) is 2.54. The summed E-state index contributed by atoms with van der Waals surface area (Å²) < 4.78 is 4.59. The van der Waals surface area contributed by atoms with Crippen LogP contribution in [-0.4, -0.2) is 29.6 Å². The third kappa shape index (κ3) is 3.11. The van der Waals surface area contributed by atoms with Gasteiger partial charge in [0.05, 0.1) is 18.9 Å². The molecule has 0 aliphatic rings. The number of aryl methyl sites for hydroxylation is 1. The fraction of sp³-hybridized carbons (Fsp3) is 0.417. The second-order valence-corrected chi connectivity index (χ2v) is 5.08. The van der Waals surface area contributed by atoms with Gasteiger partial charge < -0.3 is 15.8 Å². The minimum Gasteiger partial charge on any atom is -0.469 e. The second kappa shape index (κ2) is 5.83. The highest BCUT2D eigenvalue weighted by atomic mass is 32.1. The van der Waals surface area contributed by atoms with Gasteiger partial charge in [-0.2, -0.15) is 4.98 Å². The van der Waals surface area contributed by atoms with Crippen molar-refractivity contribution in [3.63, 3.8) is 0 Å². The van der Waals surface area contributed by atoms with Gasteiger partial charge in [-0.05, 0) is 12.5 Å². The number of fused-ring (bicyclic) bond motifs is 1. The summed E-state index contributed by atoms with van der Waals surface area (Å²) in [7, 11) is 1.37. The Balaban J connectivity index is 2.21. The van der Waals surface area contributed by atoms with Gasteiger partial charge in [0, 0.05) is 11.4 Å². The van der Waals surface area contributed by atoms with Crippen molar-refractivity contribution in [2.45, 2.75) is 19.8 Å². The molecule has 0 aliphatic heterocycles. The summed E-state index contributed by atoms with van der Waals surface area (Å²) in [5, 5.41) is 4.05. The van der Waals surface area contributed by atoms with Crippen LogP contribution in [0.5, 0.6) is 0 Å². The number of aromatic nitrogens is 2. The van der Waals surface area contributed by atoms with Crippen molar-refractivity contribution in [1.29, 1.82) is 0 Å². The Labute approximate surface area is 115 Å². The molecular weight excluding hydrogens is 264 g/mol. The van der Waals surface area contributed by atoms with Crippen LogP contribution >= 0.6 is 11.3 Å². The van der Waals surface area contributed by atoms with Gasteiger partial charge >= 0.3 is 5.97 Å². The molecular formula is C12H16N4O2S. The predicted octanol–water partition coefficient (Wildman–Crippen LogP) is 1.81. The number of nitrogens with one attached hydrogen (secondary N) is 1. The highest BCUT2D eigenvalue weighted by Gasteiger charge is 2.10. The SMILES string of the molecule is CCc1cc2c(NCCC(=O)OC)nc(N)nc2s1. The second-order valence-electron chi connectivity index (χ2n) is 3.97. The van der Waals surface area contributed by atoms with Gasteiger partial charge in [0.2, 0.25) is 5.95 Å². The van der Waals surface area contributed by atoms with Gasteiger partial charge in [-0.3, -0.25) is 4.79 Å². The molecule has 0 atom stereocenters. The molecule has 0 bridgehead atoms. The molecule has 0 saturated carbocycles. The number of hydrogen-bond acceptors (Lipinski definition) is 7. The molecule has 6 nitrogen and oxygen atoms in total. The summed E-state index contributed by atoms with van der Waals surface area (Å²) in [6.07, 6.45) is 1.23. The fourth-order valence-corrected chi connectivity index (χ4v) is 2.66. The number of nitrogens with two attached hydrogens (primary N) is 1. The largest absolute Gasteiger partial charge is 0.469 e. The zero-order valence-corrected chi connectivity index (χ0v) is 11.7. The first-order chi connectivity index (χ1) is 9.13. The molecule has 0 saturated heterocycles. The van der Waals surface area contributed by atoms with Gasteiger partial charge in [0.25, 0.3) is 0 Å². The van der Waals surface area contributed by atoms with Crippen LogP contribution in [0.4, 0.5) is 11.8 Å². The molecule has 3 N–H and O–H groups in total. The van der Waals surface area contributed by atoms with Gasteiger partial charge in [0.15, 0.2) is 0 Å². The average molecular weight is 280 g/mol. The number of anilines is 2. The molecule has 19 heavy (non-hydrogen) atoms. The smallest absolute Gasteiger partial charge is 0.307 e. The molecule has 0 aliphatic carbocycles. The van der Waals surface area contributed by atoms with Crippen LogP contribution in [-0.2, 0) is 16.0 Å². The molecule has 0 unspecified atom stereocenters. The molecule has 0 fully saturated rings. The summed E-state index contributed by atoms with van der Waals surface area (Å²) in [5.41, 5.74) is 5.69. The van der Waals surface area contributed by atoms with Gasteiger partial charge in [-0.15, -0.1) is 11.3 Å². The molecule has 0 aromatic carbocycles. The van der Waals surface area contributed by atoms with Crippen LogP contribution in [0.25, 0.3) is 10.2 Å². The van der Waals surface area contributed by atoms with E-state index < -0.39 is 0 Å². The lowest BCUT2D eigenvalue weighted by Gasteiger charge is -2.06. The number of ether oxygens (including phenoxy) is 1. The van der Waals surface area contributed by atoms with Crippen LogP contribution in [0.15, 0.2) is 6.07 Å². The van der Waals surface area contributed by atoms with Crippen LogP contribution < -0.4 is 11.1 Å². The Bertz CT molecular complexity index is 597. The number of thiophene rings is 1. The highest BCUT2D eigenvalue weighted by molar-refractivity contribution is 7.18. The van der Waals surface area contributed by atoms with Gasteiger partial charge in [-0.1, -0.05) is 6.92 Å². The lowest BCUT2D eigenvalue weighted by Crippen LogP contribution is -2.11. The maximum atomic E-state index is 11.1. The van der Waals surface area contributed by atoms with Crippen molar-refractivity contribution < 1.29 is 9.53 Å². The summed E-state index contributed by atoms with van der Waals surface area (Å²) in [4.78, 5) is 21.6. The van der Waals surface area contributed by atoms with Crippen molar-refractivity contribution in [2.75, 3.05) is 24.7 Å². The zero-order chi connectivity index (χ0) is 13.8. The van der Waals surface area contributed by atoms with E-state index in [0.717, 1.165) is 16.6 Å². The molecule has 2 aromatic rings. The van der Waals surface area contributed by atoms with Gasteiger partial charge in [0.1, 0.15) is 10.6 Å². The number of hydrogen-bond donors (Lipinski definition) is 2. The number of methoxy groups -OCH3 is 1. The maximum absolute atomic E-state index is 11.1. The van der Waals surface area contributed by atoms with Crippen molar-refractivity contribution >= 4 is 39.3 Å². The van der Waals surface area contributed by atoms with E-state index in [9.17, 15) is 4.79 Å². The maximum Gasteiger partial charge on any atom is 0.307 e. The van der Waals surface area contributed by atoms with Gasteiger partial charge in [-0.25, -0.2) is 4.98 Å². The Morgan fingerprint density at radius 1 is 1.53 bits per heavy atom. The van der Waals surface area contributed by atoms with E-state index in [4.69, 9.17) is 5.73 Å². The normalized spacial score (nSPS) is 10.6. The van der Waals surface area contributed by atoms with E-state index in [1.165, 1.54) is 12.0 Å². The van der Waals surface area contributed by atoms with Crippen LogP contribution in [0.2, 0.25) is 0 Å². The van der Waals surface area contributed by atoms with E-state index in [2.05, 4.69) is 33.0 Å². The highest BCUT2D eigenvalue weighted by Crippen LogP contribution is 2.29. The van der Waals surface area contributed by atoms with E-state index in [1.807, 2.05) is 0 Å². The van der Waals surface area contributed by atoms with Crippen molar-refractivity contribution in [1.82, 2.24) is 9.97 Å². The number of carbonyl (C=O) groups is 1. The third-order valence-electron chi connectivity index (χ3n) is 2.66. The first-order valence-corrected chi connectivity index (χ1v) is 6.82. The molecule has 2 aromatic heterocycles. The first kappa shape index (κ1) is 13.5. The molecule has 7 heteroatoms. The van der Waals surface area contributed by atoms with E-state index in [1.54, 1.807) is 11.3 Å². The van der Waals surface area contributed by atoms with Crippen LogP contribution in [0.1, 0.15) is 18.2 Å². The number of carbonyl (C=O) groups excluding carboxylic acids is 1. The number of nitrogens with zero attached hydrogens (tertiary/aromatic N) is 2. The third-order valence-corrected chi connectivity index (χ3v) is 3.83. The van der Waals surface area contributed by atoms with Crippen LogP contribution in [0, 0.1) is 0 Å². The molecule has 0 radical (unpaired) electrons. The molecule has 0 spiro atoms. The Hall–Kier alpha value is -1.89. The standard InChI is InChI=1S/C12H16N4O2S/c1-3-7-6-8-10(14-5-4-9(17)18-2)15-12(13)16-11(8)19-7/h6H,3-5H2,1-2H3,(H3,13,14,15,16). The Morgan fingerprint density at radius 3 is 3.00 bits per heavy atom. The van der Waals surface area contributed by atoms with Crippen molar-refractivity contribution in [2.24, 2.45) is 0 Å². The lowest BCUT2D eigenvalue weighted by atomic mass is 10.3. The zero-order valence-electron chi connectivity index (χ0n) is 10.9. The van der Waals surface area contributed by atoms with E-state index >= 15 is 0 Å². The average Bonchev–Trinajstić information content (AvgIpc) is 2.81. The van der Waals surface area contributed by atoms with E-state index in [0.29, 0.717) is 12.4 Å². The minimum atomic E-state index is -0.259. The summed E-state index contributed by atoms with van der Waals surface area (Å²) >= 11 is 1.61. The van der Waals surface area contributed by atoms with E-state index in [-0.39, 0.29) is 18.3 Å². The fourth-order valence-electron chi connectivity index (χ4n) is 1.68. The van der Waals surface area contributed by atoms with Crippen molar-refractivity contribution in [3.05, 3.63) is 10.9 Å². The number of rotatable bonds is 5. The molecule has 0 amide bonds. The molecule has 2 rings (SSSR count). The lowest BCUT2D eigenvalue weighted by molar-refractivity contribution is -0.140. The molecule has 2 heterocycles. The first-order valence-electron chi connectivity index (χ1n) is 6.00. The minimum absolute atomic E-state index is 0.234. The predicted molar refractivity (Wildman–Crippen MR) is 76.3 cm³/mol. The summed E-state index contributed by atoms with van der Waals surface area (Å²) in [6, 6.07) is 2.06. The molecule has 102 valence electrons. The Morgan fingerprint density at radius 2 is 2.32 bits per heavy atom. The number of esters is 1.